The predicted molar refractivity (Wildman–Crippen MR) is 69.9 cm³/mol. The quantitative estimate of drug-likeness (QED) is 0.893. The van der Waals surface area contributed by atoms with Crippen LogP contribution in [0, 0.1) is 0 Å². The van der Waals surface area contributed by atoms with E-state index in [9.17, 15) is 4.79 Å². The maximum Gasteiger partial charge on any atom is 0.228 e. The molecule has 1 amide bonds. The molecule has 0 aromatic carbocycles. The van der Waals surface area contributed by atoms with Gasteiger partial charge in [0.25, 0.3) is 0 Å². The third-order valence-electron chi connectivity index (χ3n) is 3.33. The second-order valence-corrected chi connectivity index (χ2v) is 5.36. The van der Waals surface area contributed by atoms with E-state index in [1.54, 1.807) is 0 Å². The van der Waals surface area contributed by atoms with E-state index in [1.165, 1.54) is 24.2 Å². The number of nitrogen functional groups attached to an aromatic ring is 1. The minimum Gasteiger partial charge on any atom is -0.375 e. The second-order valence-electron chi connectivity index (χ2n) is 4.47. The molecule has 1 aliphatic rings. The summed E-state index contributed by atoms with van der Waals surface area (Å²) in [5, 5.41) is 2.41. The molecule has 1 aliphatic carbocycles. The summed E-state index contributed by atoms with van der Waals surface area (Å²) in [4.78, 5) is 18.3. The molecule has 0 unspecified atom stereocenters. The van der Waals surface area contributed by atoms with Crippen molar-refractivity contribution >= 4 is 22.4 Å². The fraction of sp³-hybridized carbons (Fsp3) is 0.667. The second kappa shape index (κ2) is 5.49. The largest absolute Gasteiger partial charge is 0.375 e. The van der Waals surface area contributed by atoms with Crippen molar-refractivity contribution in [1.82, 2.24) is 9.88 Å². The van der Waals surface area contributed by atoms with Crippen molar-refractivity contribution in [2.24, 2.45) is 0 Å². The smallest absolute Gasteiger partial charge is 0.228 e. The lowest BCUT2D eigenvalue weighted by Gasteiger charge is -2.27. The van der Waals surface area contributed by atoms with Crippen LogP contribution in [0.2, 0.25) is 0 Å². The first-order valence-corrected chi connectivity index (χ1v) is 7.08. The summed E-state index contributed by atoms with van der Waals surface area (Å²) < 4.78 is 0. The van der Waals surface area contributed by atoms with Crippen molar-refractivity contribution in [3.05, 3.63) is 11.1 Å². The molecule has 17 heavy (non-hydrogen) atoms. The molecule has 1 aromatic rings. The van der Waals surface area contributed by atoms with Crippen molar-refractivity contribution < 1.29 is 4.79 Å². The first-order chi connectivity index (χ1) is 8.20. The van der Waals surface area contributed by atoms with Crippen molar-refractivity contribution in [2.75, 3.05) is 12.3 Å². The number of amides is 1. The fourth-order valence-corrected chi connectivity index (χ4v) is 3.08. The Kier molecular flexibility index (Phi) is 3.99. The Labute approximate surface area is 106 Å². The minimum absolute atomic E-state index is 0.185. The molecule has 2 rings (SSSR count). The molecule has 0 spiro atoms. The van der Waals surface area contributed by atoms with Crippen molar-refractivity contribution in [3.63, 3.8) is 0 Å². The van der Waals surface area contributed by atoms with E-state index in [2.05, 4.69) is 4.98 Å². The van der Waals surface area contributed by atoms with E-state index in [4.69, 9.17) is 5.73 Å². The zero-order valence-corrected chi connectivity index (χ0v) is 11.0. The van der Waals surface area contributed by atoms with Gasteiger partial charge in [0.1, 0.15) is 0 Å². The number of nitrogens with two attached hydrogens (primary N) is 1. The van der Waals surface area contributed by atoms with Crippen LogP contribution in [0.15, 0.2) is 5.38 Å². The zero-order chi connectivity index (χ0) is 12.3. The first kappa shape index (κ1) is 12.4. The summed E-state index contributed by atoms with van der Waals surface area (Å²) in [7, 11) is 0. The summed E-state index contributed by atoms with van der Waals surface area (Å²) in [6.07, 6.45) is 5.19. The molecule has 2 N–H and O–H groups in total. The molecule has 0 bridgehead atoms. The maximum absolute atomic E-state index is 12.2. The Morgan fingerprint density at radius 2 is 2.29 bits per heavy atom. The Morgan fingerprint density at radius 1 is 1.59 bits per heavy atom. The van der Waals surface area contributed by atoms with Crippen molar-refractivity contribution in [1.29, 1.82) is 0 Å². The predicted octanol–water partition coefficient (Wildman–Crippen LogP) is 2.06. The summed E-state index contributed by atoms with van der Waals surface area (Å²) >= 11 is 1.39. The van der Waals surface area contributed by atoms with Crippen molar-refractivity contribution in [2.45, 2.75) is 45.1 Å². The standard InChI is InChI=1S/C12H19N3OS/c1-2-15(10-5-3-4-6-10)11(16)7-9-8-17-12(13)14-9/h8,10H,2-7H2,1H3,(H2,13,14). The Morgan fingerprint density at radius 3 is 2.82 bits per heavy atom. The third kappa shape index (κ3) is 2.97. The van der Waals surface area contributed by atoms with Gasteiger partial charge in [-0.1, -0.05) is 12.8 Å². The number of anilines is 1. The molecule has 1 saturated carbocycles. The van der Waals surface area contributed by atoms with Gasteiger partial charge in [0, 0.05) is 18.0 Å². The number of carbonyl (C=O) groups excluding carboxylic acids is 1. The van der Waals surface area contributed by atoms with Gasteiger partial charge < -0.3 is 10.6 Å². The average Bonchev–Trinajstić information content (AvgIpc) is 2.92. The van der Waals surface area contributed by atoms with Crippen LogP contribution in [0.25, 0.3) is 0 Å². The highest BCUT2D eigenvalue weighted by atomic mass is 32.1. The van der Waals surface area contributed by atoms with Gasteiger partial charge in [-0.15, -0.1) is 11.3 Å². The average molecular weight is 253 g/mol. The number of hydrogen-bond acceptors (Lipinski definition) is 4. The lowest BCUT2D eigenvalue weighted by atomic mass is 10.2. The molecule has 4 nitrogen and oxygen atoms in total. The van der Waals surface area contributed by atoms with E-state index in [-0.39, 0.29) is 5.91 Å². The van der Waals surface area contributed by atoms with Gasteiger partial charge in [-0.25, -0.2) is 4.98 Å². The molecule has 0 atom stereocenters. The molecular formula is C12H19N3OS. The van der Waals surface area contributed by atoms with E-state index in [1.807, 2.05) is 17.2 Å². The Balaban J connectivity index is 1.97. The number of carbonyl (C=O) groups is 1. The van der Waals surface area contributed by atoms with Crippen LogP contribution in [0.3, 0.4) is 0 Å². The number of aromatic nitrogens is 1. The number of thiazole rings is 1. The zero-order valence-electron chi connectivity index (χ0n) is 10.2. The van der Waals surface area contributed by atoms with Crippen LogP contribution in [-0.2, 0) is 11.2 Å². The first-order valence-electron chi connectivity index (χ1n) is 6.20. The maximum atomic E-state index is 12.2. The molecule has 1 aromatic heterocycles. The monoisotopic (exact) mass is 253 g/mol. The highest BCUT2D eigenvalue weighted by Crippen LogP contribution is 2.24. The van der Waals surface area contributed by atoms with Gasteiger partial charge in [-0.2, -0.15) is 0 Å². The summed E-state index contributed by atoms with van der Waals surface area (Å²) in [6, 6.07) is 0.448. The van der Waals surface area contributed by atoms with Crippen LogP contribution in [0.5, 0.6) is 0 Å². The van der Waals surface area contributed by atoms with Gasteiger partial charge in [0.05, 0.1) is 12.1 Å². The lowest BCUT2D eigenvalue weighted by Crippen LogP contribution is -2.39. The molecule has 5 heteroatoms. The molecule has 1 heterocycles. The van der Waals surface area contributed by atoms with Gasteiger partial charge in [0.15, 0.2) is 5.13 Å². The molecular weight excluding hydrogens is 234 g/mol. The molecule has 94 valence electrons. The van der Waals surface area contributed by atoms with Gasteiger partial charge in [-0.3, -0.25) is 4.79 Å². The summed E-state index contributed by atoms with van der Waals surface area (Å²) in [5.74, 6) is 0.185. The van der Waals surface area contributed by atoms with E-state index >= 15 is 0 Å². The van der Waals surface area contributed by atoms with Crippen LogP contribution < -0.4 is 5.73 Å². The molecule has 0 saturated heterocycles. The SMILES string of the molecule is CCN(C(=O)Cc1csc(N)n1)C1CCCC1. The number of likely N-dealkylation sites (N-methyl/N-ethyl adjacent to an activating group) is 1. The lowest BCUT2D eigenvalue weighted by molar-refractivity contribution is -0.132. The van der Waals surface area contributed by atoms with Crippen LogP contribution in [0.1, 0.15) is 38.3 Å². The minimum atomic E-state index is 0.185. The fourth-order valence-electron chi connectivity index (χ4n) is 2.51. The molecule has 0 aliphatic heterocycles. The number of rotatable bonds is 4. The van der Waals surface area contributed by atoms with Gasteiger partial charge >= 0.3 is 0 Å². The van der Waals surface area contributed by atoms with E-state index in [0.29, 0.717) is 17.6 Å². The van der Waals surface area contributed by atoms with Crippen LogP contribution in [-0.4, -0.2) is 28.4 Å². The Hall–Kier alpha value is -1.10. The normalized spacial score (nSPS) is 16.3. The third-order valence-corrected chi connectivity index (χ3v) is 4.05. The van der Waals surface area contributed by atoms with E-state index in [0.717, 1.165) is 25.1 Å². The van der Waals surface area contributed by atoms with E-state index < -0.39 is 0 Å². The van der Waals surface area contributed by atoms with Gasteiger partial charge in [-0.05, 0) is 19.8 Å². The number of nitrogens with zero attached hydrogens (tertiary/aromatic N) is 2. The van der Waals surface area contributed by atoms with Crippen LogP contribution >= 0.6 is 11.3 Å². The highest BCUT2D eigenvalue weighted by Gasteiger charge is 2.25. The molecule has 1 fully saturated rings. The van der Waals surface area contributed by atoms with Crippen LogP contribution in [0.4, 0.5) is 5.13 Å². The topological polar surface area (TPSA) is 59.2 Å². The van der Waals surface area contributed by atoms with Crippen molar-refractivity contribution in [3.8, 4) is 0 Å². The van der Waals surface area contributed by atoms with Gasteiger partial charge in [0.2, 0.25) is 5.91 Å². The number of hydrogen-bond donors (Lipinski definition) is 1. The molecule has 0 radical (unpaired) electrons. The Bertz CT molecular complexity index is 385. The summed E-state index contributed by atoms with van der Waals surface area (Å²) in [6.45, 7) is 2.84. The highest BCUT2D eigenvalue weighted by molar-refractivity contribution is 7.13. The summed E-state index contributed by atoms with van der Waals surface area (Å²) in [5.41, 5.74) is 6.37.